The van der Waals surface area contributed by atoms with Crippen LogP contribution in [0, 0.1) is 6.92 Å². The monoisotopic (exact) mass is 577 g/mol. The Morgan fingerprint density at radius 1 is 1.00 bits per heavy atom. The number of sulfonamides is 1. The number of benzene rings is 3. The first-order valence-corrected chi connectivity index (χ1v) is 13.9. The summed E-state index contributed by atoms with van der Waals surface area (Å²) < 4.78 is 34.2. The maximum absolute atomic E-state index is 13.9. The minimum Gasteiger partial charge on any atom is -0.495 e. The third-order valence-corrected chi connectivity index (χ3v) is 8.20. The molecule has 0 aromatic heterocycles. The van der Waals surface area contributed by atoms with Crippen LogP contribution in [0.4, 0.5) is 5.69 Å². The topological polar surface area (TPSA) is 96.0 Å². The van der Waals surface area contributed by atoms with E-state index < -0.39 is 34.4 Å². The van der Waals surface area contributed by atoms with Crippen molar-refractivity contribution >= 4 is 50.7 Å². The molecule has 0 heterocycles. The molecular formula is C27H29Cl2N3O5S. The van der Waals surface area contributed by atoms with Crippen LogP contribution in [0.1, 0.15) is 18.1 Å². The molecule has 11 heteroatoms. The van der Waals surface area contributed by atoms with Crippen LogP contribution in [0.2, 0.25) is 10.0 Å². The van der Waals surface area contributed by atoms with Crippen molar-refractivity contribution in [3.63, 3.8) is 0 Å². The molecular weight excluding hydrogens is 549 g/mol. The average molecular weight is 579 g/mol. The van der Waals surface area contributed by atoms with Gasteiger partial charge in [-0.2, -0.15) is 0 Å². The number of hydrogen-bond acceptors (Lipinski definition) is 5. The van der Waals surface area contributed by atoms with E-state index in [4.69, 9.17) is 27.9 Å². The largest absolute Gasteiger partial charge is 0.495 e. The molecule has 38 heavy (non-hydrogen) atoms. The lowest BCUT2D eigenvalue weighted by Gasteiger charge is -2.32. The van der Waals surface area contributed by atoms with Crippen LogP contribution in [-0.2, 0) is 26.2 Å². The Labute approximate surface area is 233 Å². The summed E-state index contributed by atoms with van der Waals surface area (Å²) in [6.45, 7) is 2.82. The Morgan fingerprint density at radius 3 is 2.26 bits per heavy atom. The Morgan fingerprint density at radius 2 is 1.66 bits per heavy atom. The number of aryl methyl sites for hydroxylation is 1. The van der Waals surface area contributed by atoms with Gasteiger partial charge in [0.05, 0.1) is 17.7 Å². The second-order valence-electron chi connectivity index (χ2n) is 8.58. The predicted molar refractivity (Wildman–Crippen MR) is 149 cm³/mol. The van der Waals surface area contributed by atoms with E-state index in [0.717, 1.165) is 9.87 Å². The second-order valence-corrected chi connectivity index (χ2v) is 11.3. The highest BCUT2D eigenvalue weighted by molar-refractivity contribution is 7.92. The number of rotatable bonds is 10. The summed E-state index contributed by atoms with van der Waals surface area (Å²) in [6.07, 6.45) is 0. The summed E-state index contributed by atoms with van der Waals surface area (Å²) in [5.74, 6) is -0.814. The molecule has 0 saturated carbocycles. The average Bonchev–Trinajstić information content (AvgIpc) is 2.89. The molecule has 0 aliphatic rings. The van der Waals surface area contributed by atoms with Gasteiger partial charge in [-0.15, -0.1) is 0 Å². The molecule has 0 aliphatic carbocycles. The van der Waals surface area contributed by atoms with Gasteiger partial charge in [-0.25, -0.2) is 8.42 Å². The third-order valence-electron chi connectivity index (χ3n) is 5.95. The first-order valence-electron chi connectivity index (χ1n) is 11.7. The number of likely N-dealkylation sites (N-methyl/N-ethyl adjacent to an activating group) is 1. The number of methoxy groups -OCH3 is 1. The van der Waals surface area contributed by atoms with Gasteiger partial charge >= 0.3 is 0 Å². The summed E-state index contributed by atoms with van der Waals surface area (Å²) in [7, 11) is -1.40. The van der Waals surface area contributed by atoms with Crippen molar-refractivity contribution < 1.29 is 22.7 Å². The van der Waals surface area contributed by atoms with Crippen molar-refractivity contribution in [2.75, 3.05) is 25.0 Å². The third kappa shape index (κ3) is 6.78. The zero-order valence-corrected chi connectivity index (χ0v) is 23.8. The summed E-state index contributed by atoms with van der Waals surface area (Å²) in [5.41, 5.74) is 1.64. The minimum atomic E-state index is -4.25. The SMILES string of the molecule is CNC(=O)C(C)N(Cc1cccc(Cl)c1)C(=O)CN(c1cc(Cl)ccc1OC)S(=O)(=O)c1ccc(C)cc1. The Balaban J connectivity index is 2.11. The standard InChI is InChI=1S/C27H29Cl2N3O5S/c1-18-8-11-23(12-9-18)38(35,36)32(24-15-22(29)10-13-25(24)37-4)17-26(33)31(19(2)27(34)30-3)16-20-6-5-7-21(28)14-20/h5-15,19H,16-17H2,1-4H3,(H,30,34). The van der Waals surface area contributed by atoms with Gasteiger partial charge in [0.1, 0.15) is 18.3 Å². The van der Waals surface area contributed by atoms with Gasteiger partial charge in [0.2, 0.25) is 11.8 Å². The van der Waals surface area contributed by atoms with Crippen molar-refractivity contribution in [3.8, 4) is 5.75 Å². The summed E-state index contributed by atoms with van der Waals surface area (Å²) in [4.78, 5) is 27.7. The molecule has 3 rings (SSSR count). The van der Waals surface area contributed by atoms with E-state index >= 15 is 0 Å². The van der Waals surface area contributed by atoms with Gasteiger partial charge < -0.3 is 15.0 Å². The van der Waals surface area contributed by atoms with E-state index in [1.807, 2.05) is 6.92 Å². The van der Waals surface area contributed by atoms with Gasteiger partial charge in [0.15, 0.2) is 0 Å². The fourth-order valence-corrected chi connectivity index (χ4v) is 5.63. The van der Waals surface area contributed by atoms with E-state index in [-0.39, 0.29) is 27.9 Å². The molecule has 2 amide bonds. The van der Waals surface area contributed by atoms with E-state index in [1.54, 1.807) is 49.4 Å². The van der Waals surface area contributed by atoms with Crippen LogP contribution in [-0.4, -0.2) is 51.9 Å². The Bertz CT molecular complexity index is 1410. The lowest BCUT2D eigenvalue weighted by Crippen LogP contribution is -2.50. The number of carbonyl (C=O) groups excluding carboxylic acids is 2. The maximum Gasteiger partial charge on any atom is 0.264 e. The van der Waals surface area contributed by atoms with Crippen molar-refractivity contribution in [1.82, 2.24) is 10.2 Å². The zero-order valence-electron chi connectivity index (χ0n) is 21.4. The lowest BCUT2D eigenvalue weighted by atomic mass is 10.1. The Hall–Kier alpha value is -3.27. The lowest BCUT2D eigenvalue weighted by molar-refractivity contribution is -0.139. The van der Waals surface area contributed by atoms with Crippen molar-refractivity contribution in [2.24, 2.45) is 0 Å². The molecule has 3 aromatic carbocycles. The van der Waals surface area contributed by atoms with Gasteiger partial charge in [0, 0.05) is 23.6 Å². The minimum absolute atomic E-state index is 0.0151. The predicted octanol–water partition coefficient (Wildman–Crippen LogP) is 4.67. The van der Waals surface area contributed by atoms with E-state index in [1.165, 1.54) is 43.3 Å². The number of ether oxygens (including phenoxy) is 1. The van der Waals surface area contributed by atoms with Crippen LogP contribution >= 0.6 is 23.2 Å². The Kier molecular flexibility index (Phi) is 9.65. The van der Waals surface area contributed by atoms with Gasteiger partial charge in [-0.05, 0) is 61.9 Å². The first-order chi connectivity index (χ1) is 18.0. The van der Waals surface area contributed by atoms with E-state index in [9.17, 15) is 18.0 Å². The van der Waals surface area contributed by atoms with Crippen molar-refractivity contribution in [2.45, 2.75) is 31.3 Å². The summed E-state index contributed by atoms with van der Waals surface area (Å²) >= 11 is 12.4. The fourth-order valence-electron chi connectivity index (χ4n) is 3.83. The van der Waals surface area contributed by atoms with Crippen LogP contribution in [0.15, 0.2) is 71.6 Å². The zero-order chi connectivity index (χ0) is 28.0. The molecule has 202 valence electrons. The number of nitrogens with one attached hydrogen (secondary N) is 1. The molecule has 0 spiro atoms. The number of hydrogen-bond donors (Lipinski definition) is 1. The van der Waals surface area contributed by atoms with Gasteiger partial charge in [-0.1, -0.05) is 53.0 Å². The quantitative estimate of drug-likeness (QED) is 0.378. The summed E-state index contributed by atoms with van der Waals surface area (Å²) in [5, 5.41) is 3.26. The number of nitrogens with zero attached hydrogens (tertiary/aromatic N) is 2. The first kappa shape index (κ1) is 29.3. The van der Waals surface area contributed by atoms with Crippen LogP contribution in [0.25, 0.3) is 0 Å². The molecule has 0 fully saturated rings. The molecule has 8 nitrogen and oxygen atoms in total. The molecule has 0 saturated heterocycles. The van der Waals surface area contributed by atoms with Crippen molar-refractivity contribution in [1.29, 1.82) is 0 Å². The van der Waals surface area contributed by atoms with Crippen molar-refractivity contribution in [3.05, 3.63) is 87.9 Å². The van der Waals surface area contributed by atoms with Crippen LogP contribution in [0.3, 0.4) is 0 Å². The molecule has 1 atom stereocenters. The molecule has 0 radical (unpaired) electrons. The number of carbonyl (C=O) groups is 2. The summed E-state index contributed by atoms with van der Waals surface area (Å²) in [6, 6.07) is 16.7. The highest BCUT2D eigenvalue weighted by Crippen LogP contribution is 2.35. The number of anilines is 1. The molecule has 3 aromatic rings. The van der Waals surface area contributed by atoms with Crippen LogP contribution < -0.4 is 14.4 Å². The highest BCUT2D eigenvalue weighted by atomic mass is 35.5. The van der Waals surface area contributed by atoms with E-state index in [0.29, 0.717) is 10.6 Å². The second kappa shape index (κ2) is 12.5. The number of halogens is 2. The fraction of sp³-hybridized carbons (Fsp3) is 0.259. The van der Waals surface area contributed by atoms with Crippen LogP contribution in [0.5, 0.6) is 5.75 Å². The number of amides is 2. The molecule has 0 bridgehead atoms. The molecule has 1 N–H and O–H groups in total. The van der Waals surface area contributed by atoms with E-state index in [2.05, 4.69) is 5.32 Å². The smallest absolute Gasteiger partial charge is 0.264 e. The van der Waals surface area contributed by atoms with Gasteiger partial charge in [0.25, 0.3) is 10.0 Å². The van der Waals surface area contributed by atoms with Gasteiger partial charge in [-0.3, -0.25) is 13.9 Å². The normalized spacial score (nSPS) is 11.9. The maximum atomic E-state index is 13.9. The molecule has 1 unspecified atom stereocenters. The highest BCUT2D eigenvalue weighted by Gasteiger charge is 2.33. The molecule has 0 aliphatic heterocycles.